The molecule has 0 amide bonds. The molecule has 1 rings (SSSR count). The number of halogens is 1. The molecule has 1 heterocycles. The molecule has 70 valence electrons. The minimum absolute atomic E-state index is 0.775. The fourth-order valence-corrected chi connectivity index (χ4v) is 1.44. The normalized spacial score (nSPS) is 23.9. The van der Waals surface area contributed by atoms with Crippen LogP contribution in [0.5, 0.6) is 0 Å². The van der Waals surface area contributed by atoms with Crippen molar-refractivity contribution in [1.29, 1.82) is 0 Å². The molecule has 2 nitrogen and oxygen atoms in total. The van der Waals surface area contributed by atoms with E-state index >= 15 is 0 Å². The second kappa shape index (κ2) is 6.46. The van der Waals surface area contributed by atoms with Crippen molar-refractivity contribution in [2.75, 3.05) is 26.3 Å². The molecule has 1 saturated heterocycles. The molecule has 1 N–H and O–H groups in total. The van der Waals surface area contributed by atoms with Gasteiger partial charge in [0.2, 0.25) is 0 Å². The van der Waals surface area contributed by atoms with Crippen LogP contribution in [-0.4, -0.2) is 26.3 Å². The van der Waals surface area contributed by atoms with Crippen molar-refractivity contribution < 1.29 is 4.74 Å². The van der Waals surface area contributed by atoms with Gasteiger partial charge in [0.25, 0.3) is 0 Å². The van der Waals surface area contributed by atoms with Crippen LogP contribution in [0.1, 0.15) is 12.8 Å². The van der Waals surface area contributed by atoms with Gasteiger partial charge in [0.05, 0.1) is 0 Å². The highest BCUT2D eigenvalue weighted by Crippen LogP contribution is 2.14. The summed E-state index contributed by atoms with van der Waals surface area (Å²) >= 11 is 5.37. The van der Waals surface area contributed by atoms with Gasteiger partial charge in [0, 0.05) is 25.3 Å². The van der Waals surface area contributed by atoms with E-state index in [2.05, 4.69) is 5.32 Å². The molecule has 1 unspecified atom stereocenters. The van der Waals surface area contributed by atoms with E-state index in [-0.39, 0.29) is 0 Å². The van der Waals surface area contributed by atoms with Crippen LogP contribution in [0.25, 0.3) is 0 Å². The molecule has 3 heteroatoms. The molecule has 1 fully saturated rings. The lowest BCUT2D eigenvalue weighted by atomic mass is 10.1. The molecule has 0 aliphatic carbocycles. The van der Waals surface area contributed by atoms with E-state index < -0.39 is 0 Å². The molecule has 0 spiro atoms. The highest BCUT2D eigenvalue weighted by atomic mass is 35.5. The Balaban J connectivity index is 1.87. The van der Waals surface area contributed by atoms with Crippen LogP contribution in [0.4, 0.5) is 0 Å². The minimum Gasteiger partial charge on any atom is -0.381 e. The van der Waals surface area contributed by atoms with Crippen molar-refractivity contribution in [3.8, 4) is 0 Å². The standard InChI is InChI=1S/C9H16ClNO/c10-4-1-5-11-6-2-9-3-7-12-8-9/h1,4,9,11H,2-3,5-8H2/b4-1+. The van der Waals surface area contributed by atoms with Gasteiger partial charge in [0.15, 0.2) is 0 Å². The molecule has 0 saturated carbocycles. The Kier molecular flexibility index (Phi) is 5.41. The maximum absolute atomic E-state index is 5.37. The number of rotatable bonds is 5. The summed E-state index contributed by atoms with van der Waals surface area (Å²) in [5.74, 6) is 0.775. The third-order valence-electron chi connectivity index (χ3n) is 2.10. The zero-order valence-corrected chi connectivity index (χ0v) is 8.02. The van der Waals surface area contributed by atoms with Crippen LogP contribution in [0.15, 0.2) is 11.6 Å². The summed E-state index contributed by atoms with van der Waals surface area (Å²) in [5, 5.41) is 3.29. The van der Waals surface area contributed by atoms with E-state index in [9.17, 15) is 0 Å². The first-order chi connectivity index (χ1) is 5.93. The number of ether oxygens (including phenoxy) is 1. The molecular formula is C9H16ClNO. The van der Waals surface area contributed by atoms with Gasteiger partial charge in [-0.1, -0.05) is 17.7 Å². The molecule has 1 aliphatic rings. The molecule has 1 aliphatic heterocycles. The average Bonchev–Trinajstić information content (AvgIpc) is 2.57. The summed E-state index contributed by atoms with van der Waals surface area (Å²) in [5.41, 5.74) is 1.55. The maximum Gasteiger partial charge on any atom is 0.0495 e. The molecule has 0 aromatic rings. The van der Waals surface area contributed by atoms with Crippen LogP contribution in [-0.2, 0) is 4.74 Å². The first-order valence-corrected chi connectivity index (χ1v) is 4.91. The van der Waals surface area contributed by atoms with Crippen molar-refractivity contribution in [3.05, 3.63) is 11.6 Å². The Morgan fingerprint density at radius 1 is 1.58 bits per heavy atom. The number of nitrogens with one attached hydrogen (secondary N) is 1. The topological polar surface area (TPSA) is 21.3 Å². The lowest BCUT2D eigenvalue weighted by Gasteiger charge is -2.06. The molecule has 0 bridgehead atoms. The van der Waals surface area contributed by atoms with Crippen LogP contribution in [0, 0.1) is 5.92 Å². The Morgan fingerprint density at radius 2 is 2.50 bits per heavy atom. The van der Waals surface area contributed by atoms with E-state index in [1.54, 1.807) is 5.54 Å². The Labute approximate surface area is 78.9 Å². The summed E-state index contributed by atoms with van der Waals surface area (Å²) in [6, 6.07) is 0. The van der Waals surface area contributed by atoms with Crippen molar-refractivity contribution in [1.82, 2.24) is 5.32 Å². The largest absolute Gasteiger partial charge is 0.381 e. The second-order valence-electron chi connectivity index (χ2n) is 3.08. The Morgan fingerprint density at radius 3 is 3.17 bits per heavy atom. The van der Waals surface area contributed by atoms with Gasteiger partial charge in [-0.3, -0.25) is 0 Å². The van der Waals surface area contributed by atoms with Crippen molar-refractivity contribution >= 4 is 11.6 Å². The lowest BCUT2D eigenvalue weighted by molar-refractivity contribution is 0.184. The van der Waals surface area contributed by atoms with E-state index in [0.717, 1.165) is 32.2 Å². The number of hydrogen-bond donors (Lipinski definition) is 1. The third-order valence-corrected chi connectivity index (χ3v) is 2.28. The first-order valence-electron chi connectivity index (χ1n) is 4.47. The van der Waals surface area contributed by atoms with Crippen LogP contribution in [0.3, 0.4) is 0 Å². The predicted molar refractivity (Wildman–Crippen MR) is 51.4 cm³/mol. The van der Waals surface area contributed by atoms with Crippen LogP contribution >= 0.6 is 11.6 Å². The smallest absolute Gasteiger partial charge is 0.0495 e. The van der Waals surface area contributed by atoms with E-state index in [1.807, 2.05) is 6.08 Å². The van der Waals surface area contributed by atoms with Crippen molar-refractivity contribution in [3.63, 3.8) is 0 Å². The van der Waals surface area contributed by atoms with Crippen molar-refractivity contribution in [2.45, 2.75) is 12.8 Å². The molecule has 1 atom stereocenters. The van der Waals surface area contributed by atoms with Gasteiger partial charge in [-0.15, -0.1) is 0 Å². The van der Waals surface area contributed by atoms with Crippen LogP contribution < -0.4 is 5.32 Å². The van der Waals surface area contributed by atoms with E-state index in [1.165, 1.54) is 12.8 Å². The van der Waals surface area contributed by atoms with Gasteiger partial charge in [-0.25, -0.2) is 0 Å². The van der Waals surface area contributed by atoms with Gasteiger partial charge in [0.1, 0.15) is 0 Å². The van der Waals surface area contributed by atoms with Crippen molar-refractivity contribution in [2.24, 2.45) is 5.92 Å². The predicted octanol–water partition coefficient (Wildman–Crippen LogP) is 1.76. The zero-order valence-electron chi connectivity index (χ0n) is 7.26. The Hall–Kier alpha value is -0.0500. The van der Waals surface area contributed by atoms with Gasteiger partial charge >= 0.3 is 0 Å². The SMILES string of the molecule is Cl/C=C/CNCCC1CCOC1. The molecule has 12 heavy (non-hydrogen) atoms. The molecule has 0 aromatic carbocycles. The summed E-state index contributed by atoms with van der Waals surface area (Å²) in [6.07, 6.45) is 4.36. The lowest BCUT2D eigenvalue weighted by Crippen LogP contribution is -2.18. The monoisotopic (exact) mass is 189 g/mol. The zero-order chi connectivity index (χ0) is 8.65. The maximum atomic E-state index is 5.37. The summed E-state index contributed by atoms with van der Waals surface area (Å²) in [7, 11) is 0. The fraction of sp³-hybridized carbons (Fsp3) is 0.778. The second-order valence-corrected chi connectivity index (χ2v) is 3.34. The van der Waals surface area contributed by atoms with Crippen LogP contribution in [0.2, 0.25) is 0 Å². The first kappa shape index (κ1) is 10.0. The van der Waals surface area contributed by atoms with E-state index in [0.29, 0.717) is 0 Å². The quantitative estimate of drug-likeness (QED) is 0.666. The third kappa shape index (κ3) is 4.10. The number of hydrogen-bond acceptors (Lipinski definition) is 2. The van der Waals surface area contributed by atoms with Gasteiger partial charge in [-0.05, 0) is 25.3 Å². The molecular weight excluding hydrogens is 174 g/mol. The van der Waals surface area contributed by atoms with E-state index in [4.69, 9.17) is 16.3 Å². The molecule has 0 radical (unpaired) electrons. The minimum atomic E-state index is 0.775. The average molecular weight is 190 g/mol. The highest BCUT2D eigenvalue weighted by molar-refractivity contribution is 6.25. The summed E-state index contributed by atoms with van der Waals surface area (Å²) in [6.45, 7) is 3.84. The van der Waals surface area contributed by atoms with Gasteiger partial charge in [-0.2, -0.15) is 0 Å². The summed E-state index contributed by atoms with van der Waals surface area (Å²) < 4.78 is 5.27. The fourth-order valence-electron chi connectivity index (χ4n) is 1.35. The highest BCUT2D eigenvalue weighted by Gasteiger charge is 2.14. The molecule has 0 aromatic heterocycles. The summed E-state index contributed by atoms with van der Waals surface area (Å²) in [4.78, 5) is 0. The Bertz CT molecular complexity index is 132. The van der Waals surface area contributed by atoms with Gasteiger partial charge < -0.3 is 10.1 Å².